The van der Waals surface area contributed by atoms with E-state index in [1.165, 1.54) is 6.42 Å². The van der Waals surface area contributed by atoms with Crippen LogP contribution in [0.3, 0.4) is 0 Å². The summed E-state index contributed by atoms with van der Waals surface area (Å²) in [5, 5.41) is 0. The van der Waals surface area contributed by atoms with Crippen molar-refractivity contribution < 1.29 is 4.74 Å². The molecule has 3 aliphatic rings. The molecule has 0 bridgehead atoms. The maximum absolute atomic E-state index is 5.92. The maximum Gasteiger partial charge on any atom is 0.117 e. The second-order valence-corrected chi connectivity index (χ2v) is 3.96. The lowest BCUT2D eigenvalue weighted by atomic mass is 9.77. The summed E-state index contributed by atoms with van der Waals surface area (Å²) >= 11 is 0. The number of hydrogen-bond donors (Lipinski definition) is 0. The minimum absolute atomic E-state index is 0.0382. The fraction of sp³-hybridized carbons (Fsp3) is 0.545. The molecule has 2 nitrogen and oxygen atoms in total. The first-order valence-corrected chi connectivity index (χ1v) is 4.96. The van der Waals surface area contributed by atoms with Crippen molar-refractivity contribution in [2.75, 3.05) is 6.61 Å². The van der Waals surface area contributed by atoms with E-state index in [1.54, 1.807) is 0 Å². The van der Waals surface area contributed by atoms with Crippen LogP contribution in [-0.4, -0.2) is 18.4 Å². The van der Waals surface area contributed by atoms with E-state index in [-0.39, 0.29) is 5.60 Å². The molecule has 1 fully saturated rings. The third kappa shape index (κ3) is 0.894. The molecule has 0 N–H and O–H groups in total. The van der Waals surface area contributed by atoms with E-state index in [0.29, 0.717) is 5.92 Å². The second kappa shape index (κ2) is 2.55. The normalized spacial score (nSPS) is 41.2. The Kier molecular flexibility index (Phi) is 1.47. The molecule has 2 unspecified atom stereocenters. The van der Waals surface area contributed by atoms with E-state index in [2.05, 4.69) is 23.2 Å². The zero-order valence-corrected chi connectivity index (χ0v) is 7.57. The lowest BCUT2D eigenvalue weighted by Crippen LogP contribution is -2.40. The summed E-state index contributed by atoms with van der Waals surface area (Å²) in [4.78, 5) is 4.44. The molecule has 0 aromatic rings. The molecular formula is C11H13NO. The van der Waals surface area contributed by atoms with Gasteiger partial charge in [0, 0.05) is 25.2 Å². The monoisotopic (exact) mass is 175 g/mol. The topological polar surface area (TPSA) is 21.6 Å². The van der Waals surface area contributed by atoms with Crippen molar-refractivity contribution in [1.29, 1.82) is 0 Å². The highest BCUT2D eigenvalue weighted by Gasteiger charge is 2.48. The summed E-state index contributed by atoms with van der Waals surface area (Å²) in [5.41, 5.74) is 1.10. The van der Waals surface area contributed by atoms with Crippen LogP contribution in [0.25, 0.3) is 0 Å². The molecule has 2 heteroatoms. The Morgan fingerprint density at radius 1 is 1.54 bits per heavy atom. The number of rotatable bonds is 0. The third-order valence-corrected chi connectivity index (χ3v) is 3.35. The SMILES string of the molecule is C1=CCC23OCCC2CC=NC3=C1. The summed E-state index contributed by atoms with van der Waals surface area (Å²) in [6.45, 7) is 0.902. The van der Waals surface area contributed by atoms with E-state index in [1.807, 2.05) is 6.21 Å². The van der Waals surface area contributed by atoms with Crippen LogP contribution < -0.4 is 0 Å². The molecule has 0 saturated carbocycles. The second-order valence-electron chi connectivity index (χ2n) is 3.96. The van der Waals surface area contributed by atoms with Crippen molar-refractivity contribution >= 4 is 6.21 Å². The van der Waals surface area contributed by atoms with Gasteiger partial charge in [-0.3, -0.25) is 4.99 Å². The van der Waals surface area contributed by atoms with Crippen molar-refractivity contribution in [3.8, 4) is 0 Å². The Morgan fingerprint density at radius 3 is 3.54 bits per heavy atom. The van der Waals surface area contributed by atoms with Crippen molar-refractivity contribution in [1.82, 2.24) is 0 Å². The lowest BCUT2D eigenvalue weighted by Gasteiger charge is -2.37. The van der Waals surface area contributed by atoms with Gasteiger partial charge in [0.15, 0.2) is 0 Å². The Morgan fingerprint density at radius 2 is 2.54 bits per heavy atom. The van der Waals surface area contributed by atoms with Gasteiger partial charge in [-0.25, -0.2) is 0 Å². The molecule has 2 heterocycles. The van der Waals surface area contributed by atoms with Crippen LogP contribution in [0.15, 0.2) is 28.9 Å². The van der Waals surface area contributed by atoms with Gasteiger partial charge in [0.1, 0.15) is 5.60 Å². The molecule has 1 spiro atoms. The molecule has 0 aromatic carbocycles. The summed E-state index contributed by atoms with van der Waals surface area (Å²) in [6.07, 6.45) is 11.7. The number of ether oxygens (including phenoxy) is 1. The molecule has 2 atom stereocenters. The first-order valence-electron chi connectivity index (χ1n) is 4.96. The van der Waals surface area contributed by atoms with Crippen LogP contribution in [0.1, 0.15) is 19.3 Å². The minimum atomic E-state index is -0.0382. The van der Waals surface area contributed by atoms with Crippen LogP contribution in [0.2, 0.25) is 0 Å². The fourth-order valence-electron chi connectivity index (χ4n) is 2.63. The Balaban J connectivity index is 2.10. The van der Waals surface area contributed by atoms with Gasteiger partial charge in [-0.1, -0.05) is 12.2 Å². The predicted octanol–water partition coefficient (Wildman–Crippen LogP) is 2.08. The standard InChI is InChI=1S/C11H13NO/c1-2-6-11-9(5-8-13-11)4-7-12-10(11)3-1/h1-3,7,9H,4-6,8H2. The summed E-state index contributed by atoms with van der Waals surface area (Å²) in [5.74, 6) is 0.668. The Labute approximate surface area is 78.0 Å². The molecule has 2 aliphatic heterocycles. The zero-order valence-electron chi connectivity index (χ0n) is 7.57. The highest BCUT2D eigenvalue weighted by Crippen LogP contribution is 2.46. The summed E-state index contributed by atoms with van der Waals surface area (Å²) in [6, 6.07) is 0. The van der Waals surface area contributed by atoms with Gasteiger partial charge in [0.05, 0.1) is 5.70 Å². The molecule has 3 rings (SSSR count). The van der Waals surface area contributed by atoms with E-state index in [4.69, 9.17) is 4.74 Å². The van der Waals surface area contributed by atoms with Gasteiger partial charge < -0.3 is 4.74 Å². The third-order valence-electron chi connectivity index (χ3n) is 3.35. The smallest absolute Gasteiger partial charge is 0.117 e. The molecule has 68 valence electrons. The summed E-state index contributed by atoms with van der Waals surface area (Å²) in [7, 11) is 0. The van der Waals surface area contributed by atoms with Gasteiger partial charge in [0.25, 0.3) is 0 Å². The van der Waals surface area contributed by atoms with Crippen molar-refractivity contribution in [3.63, 3.8) is 0 Å². The zero-order chi connectivity index (χ0) is 8.73. The Hall–Kier alpha value is -0.890. The van der Waals surface area contributed by atoms with E-state index < -0.39 is 0 Å². The predicted molar refractivity (Wildman–Crippen MR) is 51.7 cm³/mol. The number of hydrogen-bond acceptors (Lipinski definition) is 2. The molecule has 13 heavy (non-hydrogen) atoms. The fourth-order valence-corrected chi connectivity index (χ4v) is 2.63. The minimum Gasteiger partial charge on any atom is -0.368 e. The Bertz CT molecular complexity index is 316. The summed E-state index contributed by atoms with van der Waals surface area (Å²) < 4.78 is 5.92. The molecule has 0 radical (unpaired) electrons. The highest BCUT2D eigenvalue weighted by molar-refractivity contribution is 5.63. The lowest BCUT2D eigenvalue weighted by molar-refractivity contribution is 0.0103. The van der Waals surface area contributed by atoms with E-state index in [9.17, 15) is 0 Å². The highest BCUT2D eigenvalue weighted by atomic mass is 16.5. The molecule has 1 aliphatic carbocycles. The average molecular weight is 175 g/mol. The van der Waals surface area contributed by atoms with E-state index in [0.717, 1.165) is 25.1 Å². The van der Waals surface area contributed by atoms with Crippen LogP contribution >= 0.6 is 0 Å². The first kappa shape index (κ1) is 7.51. The van der Waals surface area contributed by atoms with Gasteiger partial charge >= 0.3 is 0 Å². The van der Waals surface area contributed by atoms with Crippen molar-refractivity contribution in [2.24, 2.45) is 10.9 Å². The molecule has 1 saturated heterocycles. The quantitative estimate of drug-likeness (QED) is 0.552. The number of allylic oxidation sites excluding steroid dienone is 2. The number of nitrogens with zero attached hydrogens (tertiary/aromatic N) is 1. The van der Waals surface area contributed by atoms with Crippen LogP contribution in [-0.2, 0) is 4.74 Å². The van der Waals surface area contributed by atoms with E-state index >= 15 is 0 Å². The molecular weight excluding hydrogens is 162 g/mol. The average Bonchev–Trinajstić information content (AvgIpc) is 2.58. The van der Waals surface area contributed by atoms with Gasteiger partial charge in [-0.2, -0.15) is 0 Å². The van der Waals surface area contributed by atoms with Gasteiger partial charge in [-0.05, 0) is 18.9 Å². The van der Waals surface area contributed by atoms with Crippen molar-refractivity contribution in [2.45, 2.75) is 24.9 Å². The number of aliphatic imine (C=N–C) groups is 1. The van der Waals surface area contributed by atoms with Crippen LogP contribution in [0.4, 0.5) is 0 Å². The largest absolute Gasteiger partial charge is 0.368 e. The first-order chi connectivity index (χ1) is 6.42. The van der Waals surface area contributed by atoms with Crippen LogP contribution in [0.5, 0.6) is 0 Å². The van der Waals surface area contributed by atoms with Gasteiger partial charge in [0.2, 0.25) is 0 Å². The van der Waals surface area contributed by atoms with Crippen LogP contribution in [0, 0.1) is 5.92 Å². The van der Waals surface area contributed by atoms with Crippen molar-refractivity contribution in [3.05, 3.63) is 23.9 Å². The molecule has 0 amide bonds. The maximum atomic E-state index is 5.92. The molecule has 0 aromatic heterocycles. The van der Waals surface area contributed by atoms with Gasteiger partial charge in [-0.15, -0.1) is 0 Å².